The zero-order valence-corrected chi connectivity index (χ0v) is 14.7. The van der Waals surface area contributed by atoms with E-state index in [1.54, 1.807) is 18.1 Å². The van der Waals surface area contributed by atoms with Crippen LogP contribution in [0.15, 0.2) is 36.5 Å². The van der Waals surface area contributed by atoms with Gasteiger partial charge in [-0.25, -0.2) is 0 Å². The summed E-state index contributed by atoms with van der Waals surface area (Å²) in [6, 6.07) is 8.82. The molecule has 2 fully saturated rings. The molecule has 1 aromatic carbocycles. The Morgan fingerprint density at radius 1 is 1.15 bits per heavy atom. The number of benzene rings is 1. The highest BCUT2D eigenvalue weighted by molar-refractivity contribution is 5.97. The van der Waals surface area contributed by atoms with Crippen molar-refractivity contribution in [1.82, 2.24) is 19.7 Å². The number of carbonyl (C=O) groups is 2. The molecular weight excluding hydrogens is 332 g/mol. The van der Waals surface area contributed by atoms with Crippen LogP contribution in [-0.4, -0.2) is 82.0 Å². The van der Waals surface area contributed by atoms with Gasteiger partial charge in [0, 0.05) is 44.8 Å². The van der Waals surface area contributed by atoms with E-state index in [-0.39, 0.29) is 18.4 Å². The summed E-state index contributed by atoms with van der Waals surface area (Å²) < 4.78 is 0. The number of likely N-dealkylation sites (N-methyl/N-ethyl adjacent to an activating group) is 1. The lowest BCUT2D eigenvalue weighted by molar-refractivity contribution is -0.165. The van der Waals surface area contributed by atoms with E-state index < -0.39 is 12.1 Å². The van der Waals surface area contributed by atoms with Crippen LogP contribution in [0.4, 0.5) is 0 Å². The molecule has 0 unspecified atom stereocenters. The van der Waals surface area contributed by atoms with E-state index in [4.69, 9.17) is 0 Å². The number of aromatic nitrogens is 1. The molecule has 0 bridgehead atoms. The van der Waals surface area contributed by atoms with E-state index in [0.717, 1.165) is 10.9 Å². The largest absolute Gasteiger partial charge is 0.394 e. The standard InChI is InChI=1S/C19H22N4O3/c1-21-17(12-24)19(26)23-9-8-22(11-16(23)18(21)25)10-13-4-2-6-15-14(13)5-3-7-20-15/h2-7,16-17,24H,8-12H2,1H3/t16-,17+/m1/s1. The molecule has 7 nitrogen and oxygen atoms in total. The number of hydrogen-bond acceptors (Lipinski definition) is 5. The first-order valence-electron chi connectivity index (χ1n) is 8.83. The predicted molar refractivity (Wildman–Crippen MR) is 96.2 cm³/mol. The second kappa shape index (κ2) is 6.66. The van der Waals surface area contributed by atoms with Gasteiger partial charge < -0.3 is 14.9 Å². The number of rotatable bonds is 3. The van der Waals surface area contributed by atoms with Crippen LogP contribution in [0.2, 0.25) is 0 Å². The van der Waals surface area contributed by atoms with Gasteiger partial charge in [-0.05, 0) is 17.7 Å². The van der Waals surface area contributed by atoms with Crippen molar-refractivity contribution in [2.24, 2.45) is 0 Å². The van der Waals surface area contributed by atoms with Crippen LogP contribution in [0, 0.1) is 0 Å². The summed E-state index contributed by atoms with van der Waals surface area (Å²) in [7, 11) is 1.59. The fourth-order valence-electron chi connectivity index (χ4n) is 3.95. The van der Waals surface area contributed by atoms with E-state index in [1.807, 2.05) is 18.2 Å². The summed E-state index contributed by atoms with van der Waals surface area (Å²) in [4.78, 5) is 34.8. The molecule has 2 aliphatic rings. The topological polar surface area (TPSA) is 77.0 Å². The molecular formula is C19H22N4O3. The molecule has 2 aromatic rings. The molecule has 0 radical (unpaired) electrons. The zero-order valence-electron chi connectivity index (χ0n) is 14.7. The van der Waals surface area contributed by atoms with E-state index in [0.29, 0.717) is 26.2 Å². The first kappa shape index (κ1) is 16.9. The van der Waals surface area contributed by atoms with Gasteiger partial charge >= 0.3 is 0 Å². The third kappa shape index (κ3) is 2.73. The first-order chi connectivity index (χ1) is 12.6. The minimum atomic E-state index is -0.755. The second-order valence-corrected chi connectivity index (χ2v) is 6.92. The van der Waals surface area contributed by atoms with Crippen LogP contribution in [-0.2, 0) is 16.1 Å². The highest BCUT2D eigenvalue weighted by atomic mass is 16.3. The lowest BCUT2D eigenvalue weighted by atomic mass is 10.0. The van der Waals surface area contributed by atoms with Gasteiger partial charge in [-0.15, -0.1) is 0 Å². The van der Waals surface area contributed by atoms with E-state index in [1.165, 1.54) is 10.5 Å². The van der Waals surface area contributed by atoms with Crippen LogP contribution in [0.25, 0.3) is 10.9 Å². The lowest BCUT2D eigenvalue weighted by Gasteiger charge is -2.48. The highest BCUT2D eigenvalue weighted by Gasteiger charge is 2.46. The molecule has 2 amide bonds. The number of aliphatic hydroxyl groups is 1. The number of carbonyl (C=O) groups excluding carboxylic acids is 2. The second-order valence-electron chi connectivity index (χ2n) is 6.92. The molecule has 2 aliphatic heterocycles. The molecule has 4 rings (SSSR count). The van der Waals surface area contributed by atoms with Crippen molar-refractivity contribution < 1.29 is 14.7 Å². The maximum absolute atomic E-state index is 12.7. The van der Waals surface area contributed by atoms with E-state index in [9.17, 15) is 14.7 Å². The van der Waals surface area contributed by atoms with Gasteiger partial charge in [0.05, 0.1) is 12.1 Å². The van der Waals surface area contributed by atoms with Crippen molar-refractivity contribution in [3.63, 3.8) is 0 Å². The van der Waals surface area contributed by atoms with E-state index >= 15 is 0 Å². The Kier molecular flexibility index (Phi) is 4.34. The summed E-state index contributed by atoms with van der Waals surface area (Å²) in [6.07, 6.45) is 1.78. The highest BCUT2D eigenvalue weighted by Crippen LogP contribution is 2.24. The molecule has 1 aromatic heterocycles. The molecule has 0 aliphatic carbocycles. The van der Waals surface area contributed by atoms with Gasteiger partial charge in [-0.2, -0.15) is 0 Å². The van der Waals surface area contributed by atoms with Gasteiger partial charge in [0.15, 0.2) is 0 Å². The van der Waals surface area contributed by atoms with Crippen molar-refractivity contribution in [2.45, 2.75) is 18.6 Å². The Bertz CT molecular complexity index is 850. The summed E-state index contributed by atoms with van der Waals surface area (Å²) in [5, 5.41) is 10.5. The third-order valence-corrected chi connectivity index (χ3v) is 5.44. The van der Waals surface area contributed by atoms with E-state index in [2.05, 4.69) is 22.0 Å². The average molecular weight is 354 g/mol. The maximum atomic E-state index is 12.7. The first-order valence-corrected chi connectivity index (χ1v) is 8.83. The van der Waals surface area contributed by atoms with Gasteiger partial charge in [-0.1, -0.05) is 18.2 Å². The SMILES string of the molecule is CN1C(=O)[C@H]2CN(Cc3cccc4ncccc34)CCN2C(=O)[C@@H]1CO. The number of nitrogens with zero attached hydrogens (tertiary/aromatic N) is 4. The Morgan fingerprint density at radius 2 is 2.00 bits per heavy atom. The van der Waals surface area contributed by atoms with Crippen molar-refractivity contribution in [2.75, 3.05) is 33.3 Å². The van der Waals surface area contributed by atoms with Gasteiger partial charge in [0.1, 0.15) is 12.1 Å². The minimum absolute atomic E-state index is 0.104. The Balaban J connectivity index is 1.55. The molecule has 0 spiro atoms. The van der Waals surface area contributed by atoms with Gasteiger partial charge in [-0.3, -0.25) is 19.5 Å². The maximum Gasteiger partial charge on any atom is 0.248 e. The molecule has 0 saturated carbocycles. The number of pyridine rings is 1. The summed E-state index contributed by atoms with van der Waals surface area (Å²) in [5.41, 5.74) is 2.12. The van der Waals surface area contributed by atoms with Crippen LogP contribution >= 0.6 is 0 Å². The molecule has 26 heavy (non-hydrogen) atoms. The van der Waals surface area contributed by atoms with Crippen molar-refractivity contribution in [3.8, 4) is 0 Å². The number of hydrogen-bond donors (Lipinski definition) is 1. The predicted octanol–water partition coefficient (Wildman–Crippen LogP) is 0.0805. The summed E-state index contributed by atoms with van der Waals surface area (Å²) in [5.74, 6) is -0.262. The third-order valence-electron chi connectivity index (χ3n) is 5.44. The average Bonchev–Trinajstić information content (AvgIpc) is 2.67. The minimum Gasteiger partial charge on any atom is -0.394 e. The molecule has 3 heterocycles. The molecule has 2 saturated heterocycles. The summed E-state index contributed by atoms with van der Waals surface area (Å²) >= 11 is 0. The van der Waals surface area contributed by atoms with Crippen molar-refractivity contribution in [3.05, 3.63) is 42.1 Å². The molecule has 2 atom stereocenters. The van der Waals surface area contributed by atoms with Crippen LogP contribution in [0.3, 0.4) is 0 Å². The van der Waals surface area contributed by atoms with Crippen LogP contribution < -0.4 is 0 Å². The number of piperazine rings is 2. The van der Waals surface area contributed by atoms with Crippen LogP contribution in [0.1, 0.15) is 5.56 Å². The van der Waals surface area contributed by atoms with Crippen molar-refractivity contribution in [1.29, 1.82) is 0 Å². The van der Waals surface area contributed by atoms with Gasteiger partial charge in [0.25, 0.3) is 0 Å². The Hall–Kier alpha value is -2.51. The quantitative estimate of drug-likeness (QED) is 0.845. The Morgan fingerprint density at radius 3 is 2.81 bits per heavy atom. The normalized spacial score (nSPS) is 24.2. The monoisotopic (exact) mass is 354 g/mol. The Labute approximate surface area is 151 Å². The zero-order chi connectivity index (χ0) is 18.3. The molecule has 7 heteroatoms. The number of amides is 2. The van der Waals surface area contributed by atoms with Crippen molar-refractivity contribution >= 4 is 22.7 Å². The molecule has 136 valence electrons. The lowest BCUT2D eigenvalue weighted by Crippen LogP contribution is -2.69. The van der Waals surface area contributed by atoms with Gasteiger partial charge in [0.2, 0.25) is 11.8 Å². The fraction of sp³-hybridized carbons (Fsp3) is 0.421. The fourth-order valence-corrected chi connectivity index (χ4v) is 3.95. The number of fused-ring (bicyclic) bond motifs is 2. The smallest absolute Gasteiger partial charge is 0.248 e. The summed E-state index contributed by atoms with van der Waals surface area (Å²) in [6.45, 7) is 2.08. The molecule has 1 N–H and O–H groups in total. The van der Waals surface area contributed by atoms with Crippen LogP contribution in [0.5, 0.6) is 0 Å². The number of aliphatic hydroxyl groups excluding tert-OH is 1.